The number of carbonyl (C=O) groups is 1. The molecular weight excluding hydrogens is 391 g/mol. The van der Waals surface area contributed by atoms with Crippen LogP contribution in [0, 0.1) is 5.82 Å². The maximum Gasteiger partial charge on any atom is 0.328 e. The summed E-state index contributed by atoms with van der Waals surface area (Å²) in [6.45, 7) is 2.02. The van der Waals surface area contributed by atoms with E-state index in [1.807, 2.05) is 55.5 Å². The van der Waals surface area contributed by atoms with Crippen LogP contribution < -0.4 is 0 Å². The minimum Gasteiger partial charge on any atom is -0.478 e. The fourth-order valence-corrected chi connectivity index (χ4v) is 3.81. The molecule has 0 unspecified atom stereocenters. The SMILES string of the molecule is CCC(=C(c1ccc(C=CC(=O)O)cc1)c1cccc2[nH]ncc12)c1ccccc1F. The van der Waals surface area contributed by atoms with E-state index in [2.05, 4.69) is 10.2 Å². The van der Waals surface area contributed by atoms with Gasteiger partial charge in [0.15, 0.2) is 0 Å². The number of hydrogen-bond donors (Lipinski definition) is 2. The monoisotopic (exact) mass is 412 g/mol. The Kier molecular flexibility index (Phi) is 5.76. The van der Waals surface area contributed by atoms with Crippen molar-refractivity contribution >= 4 is 34.1 Å². The number of nitrogens with zero attached hydrogens (tertiary/aromatic N) is 1. The minimum absolute atomic E-state index is 0.266. The summed E-state index contributed by atoms with van der Waals surface area (Å²) in [5.74, 6) is -1.26. The van der Waals surface area contributed by atoms with Crippen LogP contribution in [-0.2, 0) is 4.79 Å². The first kappa shape index (κ1) is 20.3. The Bertz CT molecular complexity index is 1300. The summed E-state index contributed by atoms with van der Waals surface area (Å²) in [7, 11) is 0. The second kappa shape index (κ2) is 8.79. The van der Waals surface area contributed by atoms with Gasteiger partial charge in [0.1, 0.15) is 5.82 Å². The van der Waals surface area contributed by atoms with E-state index in [4.69, 9.17) is 5.11 Å². The topological polar surface area (TPSA) is 66.0 Å². The Morgan fingerprint density at radius 3 is 2.48 bits per heavy atom. The van der Waals surface area contributed by atoms with E-state index in [0.717, 1.165) is 44.8 Å². The van der Waals surface area contributed by atoms with Gasteiger partial charge in [0.25, 0.3) is 0 Å². The van der Waals surface area contributed by atoms with Gasteiger partial charge < -0.3 is 5.11 Å². The molecule has 4 nitrogen and oxygen atoms in total. The highest BCUT2D eigenvalue weighted by molar-refractivity contribution is 6.05. The number of aromatic amines is 1. The zero-order valence-electron chi connectivity index (χ0n) is 17.0. The van der Waals surface area contributed by atoms with E-state index < -0.39 is 5.97 Å². The molecule has 1 heterocycles. The van der Waals surface area contributed by atoms with Gasteiger partial charge in [-0.25, -0.2) is 9.18 Å². The number of rotatable bonds is 6. The van der Waals surface area contributed by atoms with E-state index in [-0.39, 0.29) is 5.82 Å². The number of fused-ring (bicyclic) bond motifs is 1. The smallest absolute Gasteiger partial charge is 0.328 e. The highest BCUT2D eigenvalue weighted by atomic mass is 19.1. The third-order valence-corrected chi connectivity index (χ3v) is 5.23. The predicted octanol–water partition coefficient (Wildman–Crippen LogP) is 6.17. The van der Waals surface area contributed by atoms with Crippen LogP contribution in [0.15, 0.2) is 79.0 Å². The van der Waals surface area contributed by atoms with Gasteiger partial charge >= 0.3 is 5.97 Å². The number of allylic oxidation sites excluding steroid dienone is 1. The van der Waals surface area contributed by atoms with Crippen molar-refractivity contribution in [3.05, 3.63) is 107 Å². The largest absolute Gasteiger partial charge is 0.478 e. The van der Waals surface area contributed by atoms with Crippen LogP contribution in [0.25, 0.3) is 28.1 Å². The first-order valence-electron chi connectivity index (χ1n) is 10.0. The Labute approximate surface area is 179 Å². The van der Waals surface area contributed by atoms with Crippen LogP contribution in [-0.4, -0.2) is 21.3 Å². The molecule has 0 radical (unpaired) electrons. The fraction of sp³-hybridized carbons (Fsp3) is 0.0769. The van der Waals surface area contributed by atoms with Crippen LogP contribution in [0.5, 0.6) is 0 Å². The second-order valence-corrected chi connectivity index (χ2v) is 7.12. The molecule has 0 aliphatic heterocycles. The second-order valence-electron chi connectivity index (χ2n) is 7.12. The van der Waals surface area contributed by atoms with E-state index in [1.165, 1.54) is 6.07 Å². The lowest BCUT2D eigenvalue weighted by Gasteiger charge is -2.17. The molecule has 0 fully saturated rings. The highest BCUT2D eigenvalue weighted by Gasteiger charge is 2.18. The van der Waals surface area contributed by atoms with Crippen LogP contribution in [0.3, 0.4) is 0 Å². The molecule has 0 spiro atoms. The van der Waals surface area contributed by atoms with Gasteiger partial charge in [0.05, 0.1) is 11.7 Å². The molecule has 2 N–H and O–H groups in total. The molecule has 5 heteroatoms. The number of nitrogens with one attached hydrogen (secondary N) is 1. The van der Waals surface area contributed by atoms with Crippen molar-refractivity contribution in [2.75, 3.05) is 0 Å². The first-order valence-corrected chi connectivity index (χ1v) is 10.0. The molecule has 154 valence electrons. The third kappa shape index (κ3) is 4.16. The third-order valence-electron chi connectivity index (χ3n) is 5.23. The molecule has 0 bridgehead atoms. The lowest BCUT2D eigenvalue weighted by Crippen LogP contribution is -1.98. The summed E-state index contributed by atoms with van der Waals surface area (Å²) in [4.78, 5) is 10.8. The van der Waals surface area contributed by atoms with Gasteiger partial charge in [0.2, 0.25) is 0 Å². The van der Waals surface area contributed by atoms with E-state index >= 15 is 0 Å². The van der Waals surface area contributed by atoms with Crippen LogP contribution in [0.4, 0.5) is 4.39 Å². The average Bonchev–Trinajstić information content (AvgIpc) is 3.26. The summed E-state index contributed by atoms with van der Waals surface area (Å²) in [5.41, 5.74) is 5.93. The average molecular weight is 412 g/mol. The van der Waals surface area contributed by atoms with Crippen molar-refractivity contribution in [1.29, 1.82) is 0 Å². The van der Waals surface area contributed by atoms with Crippen molar-refractivity contribution in [2.45, 2.75) is 13.3 Å². The van der Waals surface area contributed by atoms with Gasteiger partial charge in [-0.1, -0.05) is 61.5 Å². The standard InChI is InChI=1S/C26H21FN2O2/c1-2-19(20-6-3-4-8-23(20)27)26(21-7-5-9-24-22(21)16-28-29-24)18-13-10-17(11-14-18)12-15-25(30)31/h3-16H,2H2,1H3,(H,28,29)(H,30,31). The first-order chi connectivity index (χ1) is 15.1. The van der Waals surface area contributed by atoms with Crippen LogP contribution in [0.2, 0.25) is 0 Å². The van der Waals surface area contributed by atoms with Crippen LogP contribution in [0.1, 0.15) is 35.6 Å². The molecular formula is C26H21FN2O2. The zero-order chi connectivity index (χ0) is 21.8. The van der Waals surface area contributed by atoms with Gasteiger partial charge in [-0.15, -0.1) is 0 Å². The summed E-state index contributed by atoms with van der Waals surface area (Å²) in [5, 5.41) is 17.0. The molecule has 0 saturated heterocycles. The Hall–Kier alpha value is -3.99. The van der Waals surface area contributed by atoms with Gasteiger partial charge in [0, 0.05) is 17.0 Å². The quantitative estimate of drug-likeness (QED) is 0.294. The number of halogens is 1. The normalized spacial score (nSPS) is 12.3. The fourth-order valence-electron chi connectivity index (χ4n) is 3.81. The maximum atomic E-state index is 14.8. The number of carboxylic acid groups (broad SMARTS) is 1. The minimum atomic E-state index is -0.996. The van der Waals surface area contributed by atoms with Crippen molar-refractivity contribution in [2.24, 2.45) is 0 Å². The van der Waals surface area contributed by atoms with Gasteiger partial charge in [-0.3, -0.25) is 5.10 Å². The summed E-state index contributed by atoms with van der Waals surface area (Å²) in [6, 6.07) is 20.3. The number of hydrogen-bond acceptors (Lipinski definition) is 2. The van der Waals surface area contributed by atoms with E-state index in [1.54, 1.807) is 24.4 Å². The number of carboxylic acids is 1. The van der Waals surface area contributed by atoms with Gasteiger partial charge in [-0.05, 0) is 52.5 Å². The van der Waals surface area contributed by atoms with Crippen molar-refractivity contribution in [1.82, 2.24) is 10.2 Å². The molecule has 3 aromatic carbocycles. The Morgan fingerprint density at radius 1 is 1.03 bits per heavy atom. The summed E-state index contributed by atoms with van der Waals surface area (Å²) in [6.07, 6.45) is 5.06. The predicted molar refractivity (Wildman–Crippen MR) is 122 cm³/mol. The number of aromatic nitrogens is 2. The van der Waals surface area contributed by atoms with Crippen molar-refractivity contribution in [3.8, 4) is 0 Å². The Balaban J connectivity index is 1.97. The molecule has 0 aliphatic rings. The number of aliphatic carboxylic acids is 1. The van der Waals surface area contributed by atoms with E-state index in [9.17, 15) is 9.18 Å². The molecule has 4 rings (SSSR count). The Morgan fingerprint density at radius 2 is 1.77 bits per heavy atom. The highest BCUT2D eigenvalue weighted by Crippen LogP contribution is 2.38. The molecule has 0 aliphatic carbocycles. The van der Waals surface area contributed by atoms with Crippen molar-refractivity contribution in [3.63, 3.8) is 0 Å². The summed E-state index contributed by atoms with van der Waals surface area (Å²) < 4.78 is 14.8. The molecule has 0 saturated carbocycles. The number of benzene rings is 3. The van der Waals surface area contributed by atoms with Gasteiger partial charge in [-0.2, -0.15) is 5.10 Å². The molecule has 0 amide bonds. The lowest BCUT2D eigenvalue weighted by molar-refractivity contribution is -0.131. The zero-order valence-corrected chi connectivity index (χ0v) is 17.0. The molecule has 1 aromatic heterocycles. The molecule has 31 heavy (non-hydrogen) atoms. The lowest BCUT2D eigenvalue weighted by atomic mass is 9.86. The van der Waals surface area contributed by atoms with E-state index in [0.29, 0.717) is 12.0 Å². The molecule has 0 atom stereocenters. The van der Waals surface area contributed by atoms with Crippen molar-refractivity contribution < 1.29 is 14.3 Å². The van der Waals surface area contributed by atoms with Crippen LogP contribution >= 0.6 is 0 Å². The summed E-state index contributed by atoms with van der Waals surface area (Å²) >= 11 is 0. The molecule has 4 aromatic rings. The maximum absolute atomic E-state index is 14.8. The number of H-pyrrole nitrogens is 1.